The monoisotopic (exact) mass is 408 g/mol. The fourth-order valence-electron chi connectivity index (χ4n) is 4.20. The van der Waals surface area contributed by atoms with Gasteiger partial charge in [-0.1, -0.05) is 65.7 Å². The maximum atomic E-state index is 13.3. The summed E-state index contributed by atoms with van der Waals surface area (Å²) < 4.78 is 0. The number of nitrogens with one attached hydrogen (secondary N) is 1. The topological polar surface area (TPSA) is 52.9 Å². The van der Waals surface area contributed by atoms with Crippen molar-refractivity contribution in [3.8, 4) is 6.07 Å². The number of hydrogen-bond donors (Lipinski definition) is 1. The van der Waals surface area contributed by atoms with Crippen LogP contribution < -0.4 is 5.32 Å². The molecule has 0 bridgehead atoms. The van der Waals surface area contributed by atoms with Crippen molar-refractivity contribution < 1.29 is 4.79 Å². The number of nitrogens with zero attached hydrogens (tertiary/aromatic N) is 1. The molecule has 2 aliphatic rings. The third kappa shape index (κ3) is 3.13. The molecule has 2 atom stereocenters. The average Bonchev–Trinajstić information content (AvgIpc) is 2.69. The molecule has 140 valence electrons. The van der Waals surface area contributed by atoms with Crippen molar-refractivity contribution in [2.45, 2.75) is 31.6 Å². The molecule has 1 aliphatic carbocycles. The first-order valence-corrected chi connectivity index (χ1v) is 9.89. The normalized spacial score (nSPS) is 21.9. The number of carbonyl (C=O) groups is 1. The fourth-order valence-corrected chi connectivity index (χ4v) is 4.62. The van der Waals surface area contributed by atoms with Gasteiger partial charge in [0, 0.05) is 23.4 Å². The molecule has 1 N–H and O–H groups in total. The summed E-state index contributed by atoms with van der Waals surface area (Å²) in [6, 6.07) is 17.7. The first-order chi connectivity index (χ1) is 13.5. The van der Waals surface area contributed by atoms with Gasteiger partial charge >= 0.3 is 0 Å². The number of halogens is 2. The number of allylic oxidation sites excluding steroid dienone is 4. The van der Waals surface area contributed by atoms with E-state index in [1.165, 1.54) is 0 Å². The van der Waals surface area contributed by atoms with Crippen molar-refractivity contribution in [3.63, 3.8) is 0 Å². The van der Waals surface area contributed by atoms with Crippen LogP contribution in [0.4, 0.5) is 0 Å². The highest BCUT2D eigenvalue weighted by Crippen LogP contribution is 2.47. The molecule has 1 aliphatic heterocycles. The molecule has 2 aromatic carbocycles. The van der Waals surface area contributed by atoms with Gasteiger partial charge in [-0.2, -0.15) is 5.26 Å². The van der Waals surface area contributed by atoms with E-state index >= 15 is 0 Å². The summed E-state index contributed by atoms with van der Waals surface area (Å²) in [6.45, 7) is 1.87. The second-order valence-corrected chi connectivity index (χ2v) is 7.97. The van der Waals surface area contributed by atoms with Crippen LogP contribution in [-0.2, 0) is 4.79 Å². The van der Waals surface area contributed by atoms with Gasteiger partial charge in [-0.15, -0.1) is 0 Å². The lowest BCUT2D eigenvalue weighted by Gasteiger charge is -2.36. The number of hydrogen-bond acceptors (Lipinski definition) is 3. The van der Waals surface area contributed by atoms with Crippen LogP contribution in [0.5, 0.6) is 0 Å². The lowest BCUT2D eigenvalue weighted by atomic mass is 9.72. The van der Waals surface area contributed by atoms with E-state index in [0.717, 1.165) is 23.4 Å². The van der Waals surface area contributed by atoms with Gasteiger partial charge in [0.1, 0.15) is 0 Å². The summed E-state index contributed by atoms with van der Waals surface area (Å²) in [4.78, 5) is 13.3. The Kier molecular flexibility index (Phi) is 5.02. The molecule has 3 nitrogen and oxygen atoms in total. The van der Waals surface area contributed by atoms with Gasteiger partial charge in [-0.25, -0.2) is 0 Å². The minimum atomic E-state index is -0.489. The Balaban J connectivity index is 1.84. The first kappa shape index (κ1) is 18.8. The Labute approximate surface area is 174 Å². The quantitative estimate of drug-likeness (QED) is 0.674. The van der Waals surface area contributed by atoms with Crippen LogP contribution in [0.25, 0.3) is 0 Å². The fraction of sp³-hybridized carbons (Fsp3) is 0.217. The summed E-state index contributed by atoms with van der Waals surface area (Å²) in [5, 5.41) is 13.9. The molecule has 5 heteroatoms. The number of dihydropyridines is 1. The highest BCUT2D eigenvalue weighted by molar-refractivity contribution is 6.42. The van der Waals surface area contributed by atoms with Crippen LogP contribution in [-0.4, -0.2) is 5.78 Å². The number of carbonyl (C=O) groups excluding carboxylic acids is 1. The third-order valence-corrected chi connectivity index (χ3v) is 6.35. The van der Waals surface area contributed by atoms with Gasteiger partial charge < -0.3 is 5.32 Å². The van der Waals surface area contributed by atoms with Gasteiger partial charge in [0.25, 0.3) is 0 Å². The molecule has 0 spiro atoms. The molecule has 0 amide bonds. The maximum absolute atomic E-state index is 13.3. The Bertz CT molecular complexity index is 1060. The zero-order valence-corrected chi connectivity index (χ0v) is 16.8. The van der Waals surface area contributed by atoms with Crippen LogP contribution in [0.2, 0.25) is 10.0 Å². The number of ketones is 1. The van der Waals surface area contributed by atoms with Crippen LogP contribution in [0.15, 0.2) is 71.1 Å². The van der Waals surface area contributed by atoms with Gasteiger partial charge in [-0.3, -0.25) is 4.79 Å². The second-order valence-electron chi connectivity index (χ2n) is 7.18. The van der Waals surface area contributed by atoms with Crippen LogP contribution in [0.3, 0.4) is 0 Å². The minimum absolute atomic E-state index is 0.0453. The minimum Gasteiger partial charge on any atom is -0.361 e. The highest BCUT2D eigenvalue weighted by atomic mass is 35.5. The average molecular weight is 409 g/mol. The van der Waals surface area contributed by atoms with E-state index in [0.29, 0.717) is 33.2 Å². The molecular weight excluding hydrogens is 391 g/mol. The molecule has 2 aromatic rings. The van der Waals surface area contributed by atoms with E-state index in [4.69, 9.17) is 23.2 Å². The van der Waals surface area contributed by atoms with Crippen molar-refractivity contribution in [2.75, 3.05) is 0 Å². The van der Waals surface area contributed by atoms with Crippen LogP contribution in [0, 0.1) is 11.3 Å². The number of rotatable bonds is 2. The van der Waals surface area contributed by atoms with E-state index in [9.17, 15) is 10.1 Å². The van der Waals surface area contributed by atoms with E-state index in [-0.39, 0.29) is 11.7 Å². The van der Waals surface area contributed by atoms with Crippen molar-refractivity contribution in [2.24, 2.45) is 0 Å². The molecule has 0 saturated carbocycles. The molecular formula is C23H18Cl2N2O. The molecule has 4 rings (SSSR count). The Morgan fingerprint density at radius 2 is 1.82 bits per heavy atom. The van der Waals surface area contributed by atoms with E-state index in [1.807, 2.05) is 31.2 Å². The molecule has 0 radical (unpaired) electrons. The van der Waals surface area contributed by atoms with Crippen LogP contribution >= 0.6 is 23.2 Å². The standard InChI is InChI=1S/C23H18Cl2N2O/c1-13-17(12-26)21(16-8-5-9-18(24)23(16)25)22-19(27-13)10-15(11-20(22)28)14-6-3-2-4-7-14/h2-9,15,21,27H,10-11H2,1H3/t15-,21+/m1/s1. The summed E-state index contributed by atoms with van der Waals surface area (Å²) in [7, 11) is 0. The predicted octanol–water partition coefficient (Wildman–Crippen LogP) is 5.88. The van der Waals surface area contributed by atoms with E-state index in [2.05, 4.69) is 23.5 Å². The number of Topliss-reactive ketones (excluding diaryl/α,β-unsaturated/α-hetero) is 1. The Morgan fingerprint density at radius 1 is 1.07 bits per heavy atom. The summed E-state index contributed by atoms with van der Waals surface area (Å²) in [5.41, 5.74) is 4.62. The largest absolute Gasteiger partial charge is 0.361 e. The maximum Gasteiger partial charge on any atom is 0.162 e. The van der Waals surface area contributed by atoms with Crippen molar-refractivity contribution in [1.29, 1.82) is 5.26 Å². The number of nitriles is 1. The third-order valence-electron chi connectivity index (χ3n) is 5.51. The Morgan fingerprint density at radius 3 is 2.54 bits per heavy atom. The van der Waals surface area contributed by atoms with Crippen molar-refractivity contribution in [1.82, 2.24) is 5.32 Å². The van der Waals surface area contributed by atoms with E-state index in [1.54, 1.807) is 12.1 Å². The van der Waals surface area contributed by atoms with Gasteiger partial charge in [0.15, 0.2) is 5.78 Å². The second kappa shape index (κ2) is 7.47. The van der Waals surface area contributed by atoms with Gasteiger partial charge in [0.2, 0.25) is 0 Å². The lowest BCUT2D eigenvalue weighted by Crippen LogP contribution is -2.33. The van der Waals surface area contributed by atoms with Crippen molar-refractivity contribution in [3.05, 3.63) is 92.2 Å². The summed E-state index contributed by atoms with van der Waals surface area (Å²) in [5.74, 6) is -0.326. The lowest BCUT2D eigenvalue weighted by molar-refractivity contribution is -0.116. The number of benzene rings is 2. The predicted molar refractivity (Wildman–Crippen MR) is 111 cm³/mol. The highest BCUT2D eigenvalue weighted by Gasteiger charge is 2.39. The van der Waals surface area contributed by atoms with Crippen molar-refractivity contribution >= 4 is 29.0 Å². The smallest absolute Gasteiger partial charge is 0.162 e. The Hall–Kier alpha value is -2.54. The summed E-state index contributed by atoms with van der Waals surface area (Å²) >= 11 is 12.7. The zero-order chi connectivity index (χ0) is 19.8. The van der Waals surface area contributed by atoms with Gasteiger partial charge in [0.05, 0.1) is 27.6 Å². The molecule has 0 aromatic heterocycles. The molecule has 1 heterocycles. The summed E-state index contributed by atoms with van der Waals surface area (Å²) in [6.07, 6.45) is 1.13. The van der Waals surface area contributed by atoms with Crippen LogP contribution in [0.1, 0.15) is 42.7 Å². The molecule has 0 fully saturated rings. The SMILES string of the molecule is CC1=C(C#N)[C@H](c2cccc(Cl)c2Cl)C2=C(C[C@@H](c3ccccc3)CC2=O)N1. The van der Waals surface area contributed by atoms with Gasteiger partial charge in [-0.05, 0) is 36.5 Å². The molecule has 28 heavy (non-hydrogen) atoms. The first-order valence-electron chi connectivity index (χ1n) is 9.14. The van der Waals surface area contributed by atoms with E-state index < -0.39 is 5.92 Å². The zero-order valence-electron chi connectivity index (χ0n) is 15.3. The molecule has 0 saturated heterocycles. The molecule has 0 unspecified atom stereocenters.